The predicted octanol–water partition coefficient (Wildman–Crippen LogP) is 2.90. The van der Waals surface area contributed by atoms with Crippen LogP contribution in [0.25, 0.3) is 0 Å². The van der Waals surface area contributed by atoms with E-state index in [-0.39, 0.29) is 11.7 Å². The van der Waals surface area contributed by atoms with Gasteiger partial charge in [0.05, 0.1) is 11.7 Å². The second-order valence-corrected chi connectivity index (χ2v) is 5.31. The van der Waals surface area contributed by atoms with Gasteiger partial charge in [-0.15, -0.1) is 0 Å². The van der Waals surface area contributed by atoms with Crippen LogP contribution >= 0.6 is 0 Å². The Balaban J connectivity index is 2.54. The Morgan fingerprint density at radius 2 is 1.94 bits per heavy atom. The van der Waals surface area contributed by atoms with E-state index in [9.17, 15) is 4.79 Å². The molecule has 2 unspecified atom stereocenters. The normalized spacial score (nSPS) is 29.1. The van der Waals surface area contributed by atoms with E-state index in [1.807, 2.05) is 6.92 Å². The lowest BCUT2D eigenvalue weighted by Gasteiger charge is -2.23. The van der Waals surface area contributed by atoms with Gasteiger partial charge in [0, 0.05) is 6.54 Å². The molecule has 1 aliphatic rings. The number of nitrogens with one attached hydrogen (secondary N) is 1. The molecule has 17 heavy (non-hydrogen) atoms. The minimum absolute atomic E-state index is 0.245. The average molecular weight is 240 g/mol. The number of nitrogens with zero attached hydrogens (tertiary/aromatic N) is 1. The topological polar surface area (TPSA) is 32.3 Å². The Morgan fingerprint density at radius 3 is 2.47 bits per heavy atom. The highest BCUT2D eigenvalue weighted by Gasteiger charge is 2.45. The average Bonchev–Trinajstić information content (AvgIpc) is 2.59. The van der Waals surface area contributed by atoms with Crippen LogP contribution in [0.3, 0.4) is 0 Å². The lowest BCUT2D eigenvalue weighted by Crippen LogP contribution is -2.43. The molecule has 100 valence electrons. The van der Waals surface area contributed by atoms with E-state index in [4.69, 9.17) is 0 Å². The van der Waals surface area contributed by atoms with Crippen molar-refractivity contribution in [2.75, 3.05) is 6.54 Å². The highest BCUT2D eigenvalue weighted by Crippen LogP contribution is 2.25. The van der Waals surface area contributed by atoms with Crippen LogP contribution in [-0.4, -0.2) is 29.1 Å². The molecule has 1 saturated heterocycles. The molecule has 0 radical (unpaired) electrons. The van der Waals surface area contributed by atoms with Crippen molar-refractivity contribution in [1.29, 1.82) is 0 Å². The van der Waals surface area contributed by atoms with Gasteiger partial charge in [0.15, 0.2) is 0 Å². The minimum Gasteiger partial charge on any atom is -0.326 e. The molecule has 1 aliphatic heterocycles. The van der Waals surface area contributed by atoms with Gasteiger partial charge in [0.25, 0.3) is 0 Å². The predicted molar refractivity (Wildman–Crippen MR) is 71.8 cm³/mol. The Bertz CT molecular complexity index is 255. The summed E-state index contributed by atoms with van der Waals surface area (Å²) in [6, 6.07) is 0. The first kappa shape index (κ1) is 14.5. The van der Waals surface area contributed by atoms with Gasteiger partial charge in [-0.25, -0.2) is 0 Å². The summed E-state index contributed by atoms with van der Waals surface area (Å²) < 4.78 is 0. The summed E-state index contributed by atoms with van der Waals surface area (Å²) >= 11 is 0. The monoisotopic (exact) mass is 240 g/mol. The lowest BCUT2D eigenvalue weighted by atomic mass is 9.99. The number of carbonyl (C=O) groups excluding carboxylic acids is 1. The van der Waals surface area contributed by atoms with Crippen LogP contribution < -0.4 is 5.32 Å². The molecular weight excluding hydrogens is 212 g/mol. The molecule has 3 nitrogen and oxygen atoms in total. The summed E-state index contributed by atoms with van der Waals surface area (Å²) in [7, 11) is 0. The molecule has 1 rings (SSSR count). The molecule has 0 saturated carbocycles. The summed E-state index contributed by atoms with van der Waals surface area (Å²) in [5.74, 6) is 0.295. The smallest absolute Gasteiger partial charge is 0.243 e. The van der Waals surface area contributed by atoms with Crippen molar-refractivity contribution in [3.05, 3.63) is 0 Å². The van der Waals surface area contributed by atoms with Crippen LogP contribution in [0.15, 0.2) is 0 Å². The quantitative estimate of drug-likeness (QED) is 0.694. The molecule has 1 N–H and O–H groups in total. The third kappa shape index (κ3) is 3.21. The van der Waals surface area contributed by atoms with E-state index in [0.717, 1.165) is 25.8 Å². The molecule has 1 heterocycles. The van der Waals surface area contributed by atoms with Gasteiger partial charge in [-0.05, 0) is 26.2 Å². The van der Waals surface area contributed by atoms with E-state index in [1.54, 1.807) is 0 Å². The molecular formula is C14H28N2O. The van der Waals surface area contributed by atoms with Gasteiger partial charge >= 0.3 is 0 Å². The molecule has 2 atom stereocenters. The fraction of sp³-hybridized carbons (Fsp3) is 0.929. The van der Waals surface area contributed by atoms with Crippen molar-refractivity contribution >= 4 is 5.91 Å². The number of amides is 1. The molecule has 3 heteroatoms. The van der Waals surface area contributed by atoms with E-state index < -0.39 is 0 Å². The first-order valence-electron chi connectivity index (χ1n) is 7.17. The number of hydrogen-bond acceptors (Lipinski definition) is 2. The largest absolute Gasteiger partial charge is 0.326 e. The van der Waals surface area contributed by atoms with Gasteiger partial charge in [0.2, 0.25) is 5.91 Å². The molecule has 0 aromatic rings. The number of rotatable bonds is 7. The van der Waals surface area contributed by atoms with Crippen molar-refractivity contribution < 1.29 is 4.79 Å². The van der Waals surface area contributed by atoms with Crippen LogP contribution in [0, 0.1) is 0 Å². The van der Waals surface area contributed by atoms with Gasteiger partial charge in [-0.3, -0.25) is 10.1 Å². The zero-order chi connectivity index (χ0) is 12.9. The van der Waals surface area contributed by atoms with Crippen molar-refractivity contribution in [2.24, 2.45) is 0 Å². The van der Waals surface area contributed by atoms with Gasteiger partial charge in [0.1, 0.15) is 0 Å². The molecule has 1 fully saturated rings. The van der Waals surface area contributed by atoms with Gasteiger partial charge in [-0.2, -0.15) is 0 Å². The highest BCUT2D eigenvalue weighted by molar-refractivity contribution is 5.88. The standard InChI is InChI=1S/C14H28N2O/c1-5-8-9-10-11-16-12(6-2)15-14(4,7-3)13(16)17/h12,15H,5-11H2,1-4H3. The van der Waals surface area contributed by atoms with Crippen LogP contribution in [0.2, 0.25) is 0 Å². The summed E-state index contributed by atoms with van der Waals surface area (Å²) in [4.78, 5) is 14.4. The Labute approximate surface area is 106 Å². The molecule has 0 aromatic heterocycles. The van der Waals surface area contributed by atoms with Crippen molar-refractivity contribution in [1.82, 2.24) is 10.2 Å². The second-order valence-electron chi connectivity index (χ2n) is 5.31. The maximum absolute atomic E-state index is 12.4. The lowest BCUT2D eigenvalue weighted by molar-refractivity contribution is -0.133. The van der Waals surface area contributed by atoms with E-state index in [0.29, 0.717) is 5.91 Å². The SMILES string of the molecule is CCCCCCN1C(=O)C(C)(CC)NC1CC. The Kier molecular flexibility index (Phi) is 5.44. The summed E-state index contributed by atoms with van der Waals surface area (Å²) in [6.45, 7) is 9.39. The van der Waals surface area contributed by atoms with Crippen LogP contribution in [0.4, 0.5) is 0 Å². The van der Waals surface area contributed by atoms with Crippen LogP contribution in [0.5, 0.6) is 0 Å². The highest BCUT2D eigenvalue weighted by atomic mass is 16.2. The minimum atomic E-state index is -0.328. The van der Waals surface area contributed by atoms with E-state index in [1.165, 1.54) is 19.3 Å². The maximum atomic E-state index is 12.4. The van der Waals surface area contributed by atoms with Crippen LogP contribution in [0.1, 0.15) is 66.2 Å². The van der Waals surface area contributed by atoms with Crippen molar-refractivity contribution in [3.63, 3.8) is 0 Å². The molecule has 0 bridgehead atoms. The molecule has 1 amide bonds. The number of carbonyl (C=O) groups is 1. The summed E-state index contributed by atoms with van der Waals surface area (Å²) in [6.07, 6.45) is 7.00. The van der Waals surface area contributed by atoms with Crippen molar-refractivity contribution in [3.8, 4) is 0 Å². The Morgan fingerprint density at radius 1 is 1.24 bits per heavy atom. The fourth-order valence-corrected chi connectivity index (χ4v) is 2.51. The van der Waals surface area contributed by atoms with Gasteiger partial charge < -0.3 is 4.90 Å². The summed E-state index contributed by atoms with van der Waals surface area (Å²) in [5.41, 5.74) is -0.328. The zero-order valence-corrected chi connectivity index (χ0v) is 11.9. The first-order valence-corrected chi connectivity index (χ1v) is 7.17. The second kappa shape index (κ2) is 6.39. The Hall–Kier alpha value is -0.570. The van der Waals surface area contributed by atoms with E-state index in [2.05, 4.69) is 31.0 Å². The van der Waals surface area contributed by atoms with Crippen molar-refractivity contribution in [2.45, 2.75) is 77.9 Å². The first-order chi connectivity index (χ1) is 8.09. The number of unbranched alkanes of at least 4 members (excludes halogenated alkanes) is 3. The van der Waals surface area contributed by atoms with Gasteiger partial charge in [-0.1, -0.05) is 40.0 Å². The molecule has 0 aromatic carbocycles. The van der Waals surface area contributed by atoms with E-state index >= 15 is 0 Å². The zero-order valence-electron chi connectivity index (χ0n) is 11.9. The third-order valence-corrected chi connectivity index (χ3v) is 3.94. The fourth-order valence-electron chi connectivity index (χ4n) is 2.51. The molecule has 0 spiro atoms. The van der Waals surface area contributed by atoms with Crippen LogP contribution in [-0.2, 0) is 4.79 Å². The summed E-state index contributed by atoms with van der Waals surface area (Å²) in [5, 5.41) is 3.48. The molecule has 0 aliphatic carbocycles. The number of hydrogen-bond donors (Lipinski definition) is 1. The third-order valence-electron chi connectivity index (χ3n) is 3.94. The maximum Gasteiger partial charge on any atom is 0.243 e.